The Kier molecular flexibility index (Phi) is 24.1. The summed E-state index contributed by atoms with van der Waals surface area (Å²) in [7, 11) is 0. The van der Waals surface area contributed by atoms with Crippen molar-refractivity contribution in [1.82, 2.24) is 4.90 Å². The SMILES string of the molecule is CCCCCCCCCCCCCCCCN(CC(O)CO)C(=O)CC(CC)CCCCC. The number of carbonyl (C=O) groups is 1. The Bertz CT molecular complexity index is 416. The number of unbranched alkanes of at least 4 members (excludes halogenated alkanes) is 15. The normalized spacial score (nSPS) is 13.2. The first-order valence-corrected chi connectivity index (χ1v) is 14.7. The molecule has 4 nitrogen and oxygen atoms in total. The summed E-state index contributed by atoms with van der Waals surface area (Å²) in [4.78, 5) is 14.7. The van der Waals surface area contributed by atoms with Crippen molar-refractivity contribution in [1.29, 1.82) is 0 Å². The second kappa shape index (κ2) is 24.5. The fraction of sp³-hybridized carbons (Fsp3) is 0.966. The Hall–Kier alpha value is -0.610. The third-order valence-corrected chi connectivity index (χ3v) is 7.03. The second-order valence-electron chi connectivity index (χ2n) is 10.2. The molecule has 0 aromatic rings. The number of hydrogen-bond donors (Lipinski definition) is 2. The molecule has 198 valence electrons. The zero-order valence-corrected chi connectivity index (χ0v) is 22.7. The molecule has 33 heavy (non-hydrogen) atoms. The van der Waals surface area contributed by atoms with Gasteiger partial charge in [0.2, 0.25) is 5.91 Å². The lowest BCUT2D eigenvalue weighted by Crippen LogP contribution is -2.40. The standard InChI is InChI=1S/C29H59NO3/c1-4-7-9-10-11-12-13-14-15-16-17-18-19-21-23-30(25-28(32)26-31)29(33)24-27(6-3)22-20-8-5-2/h27-28,31-32H,4-26H2,1-3H3. The molecular weight excluding hydrogens is 410 g/mol. The minimum Gasteiger partial charge on any atom is -0.394 e. The van der Waals surface area contributed by atoms with E-state index in [4.69, 9.17) is 0 Å². The van der Waals surface area contributed by atoms with E-state index in [1.807, 2.05) is 4.90 Å². The Morgan fingerprint density at radius 1 is 0.697 bits per heavy atom. The van der Waals surface area contributed by atoms with Gasteiger partial charge in [0.25, 0.3) is 0 Å². The van der Waals surface area contributed by atoms with E-state index >= 15 is 0 Å². The number of nitrogens with zero attached hydrogens (tertiary/aromatic N) is 1. The van der Waals surface area contributed by atoms with Gasteiger partial charge in [0.1, 0.15) is 0 Å². The third-order valence-electron chi connectivity index (χ3n) is 7.03. The summed E-state index contributed by atoms with van der Waals surface area (Å²) >= 11 is 0. The number of rotatable bonds is 25. The van der Waals surface area contributed by atoms with Crippen LogP contribution in [0.1, 0.15) is 149 Å². The van der Waals surface area contributed by atoms with E-state index in [1.54, 1.807) is 0 Å². The van der Waals surface area contributed by atoms with Gasteiger partial charge in [-0.2, -0.15) is 0 Å². The van der Waals surface area contributed by atoms with Crippen molar-refractivity contribution in [3.63, 3.8) is 0 Å². The van der Waals surface area contributed by atoms with E-state index in [9.17, 15) is 15.0 Å². The molecular formula is C29H59NO3. The van der Waals surface area contributed by atoms with Gasteiger partial charge in [0, 0.05) is 19.5 Å². The van der Waals surface area contributed by atoms with Crippen LogP contribution >= 0.6 is 0 Å². The Morgan fingerprint density at radius 2 is 1.15 bits per heavy atom. The quantitative estimate of drug-likeness (QED) is 0.135. The monoisotopic (exact) mass is 469 g/mol. The molecule has 0 rings (SSSR count). The molecule has 1 amide bonds. The summed E-state index contributed by atoms with van der Waals surface area (Å²) in [5.41, 5.74) is 0. The van der Waals surface area contributed by atoms with Crippen LogP contribution in [0.15, 0.2) is 0 Å². The summed E-state index contributed by atoms with van der Waals surface area (Å²) in [6, 6.07) is 0. The first-order chi connectivity index (χ1) is 16.1. The van der Waals surface area contributed by atoms with Crippen LogP contribution in [0.4, 0.5) is 0 Å². The van der Waals surface area contributed by atoms with Crippen LogP contribution in [-0.2, 0) is 4.79 Å². The summed E-state index contributed by atoms with van der Waals surface area (Å²) in [5.74, 6) is 0.592. The zero-order chi connectivity index (χ0) is 24.6. The molecule has 0 saturated heterocycles. The molecule has 0 bridgehead atoms. The van der Waals surface area contributed by atoms with Crippen molar-refractivity contribution in [2.45, 2.75) is 155 Å². The average molecular weight is 470 g/mol. The van der Waals surface area contributed by atoms with E-state index in [-0.39, 0.29) is 19.1 Å². The lowest BCUT2D eigenvalue weighted by atomic mass is 9.94. The predicted molar refractivity (Wildman–Crippen MR) is 143 cm³/mol. The molecule has 0 aliphatic heterocycles. The van der Waals surface area contributed by atoms with Crippen molar-refractivity contribution in [2.75, 3.05) is 19.7 Å². The molecule has 0 heterocycles. The van der Waals surface area contributed by atoms with Gasteiger partial charge in [-0.1, -0.05) is 130 Å². The Morgan fingerprint density at radius 3 is 1.61 bits per heavy atom. The van der Waals surface area contributed by atoms with Gasteiger partial charge in [-0.25, -0.2) is 0 Å². The van der Waals surface area contributed by atoms with Crippen LogP contribution in [0.25, 0.3) is 0 Å². The Balaban J connectivity index is 3.98. The Labute approximate surface area is 206 Å². The van der Waals surface area contributed by atoms with Gasteiger partial charge in [-0.05, 0) is 18.8 Å². The van der Waals surface area contributed by atoms with E-state index in [2.05, 4.69) is 20.8 Å². The highest BCUT2D eigenvalue weighted by Crippen LogP contribution is 2.19. The minimum absolute atomic E-state index is 0.153. The van der Waals surface area contributed by atoms with Crippen LogP contribution in [0.5, 0.6) is 0 Å². The molecule has 2 unspecified atom stereocenters. The molecule has 0 spiro atoms. The lowest BCUT2D eigenvalue weighted by molar-refractivity contribution is -0.134. The molecule has 0 aliphatic rings. The molecule has 0 aromatic carbocycles. The highest BCUT2D eigenvalue weighted by molar-refractivity contribution is 5.76. The maximum absolute atomic E-state index is 12.9. The first kappa shape index (κ1) is 32.4. The van der Waals surface area contributed by atoms with Gasteiger partial charge in [0.05, 0.1) is 12.7 Å². The average Bonchev–Trinajstić information content (AvgIpc) is 2.82. The fourth-order valence-corrected chi connectivity index (χ4v) is 4.64. The van der Waals surface area contributed by atoms with Gasteiger partial charge < -0.3 is 15.1 Å². The lowest BCUT2D eigenvalue weighted by Gasteiger charge is -2.27. The van der Waals surface area contributed by atoms with Gasteiger partial charge in [-0.15, -0.1) is 0 Å². The number of aliphatic hydroxyl groups excluding tert-OH is 2. The summed E-state index contributed by atoms with van der Waals surface area (Å²) in [6.45, 7) is 7.34. The van der Waals surface area contributed by atoms with Crippen molar-refractivity contribution in [3.8, 4) is 0 Å². The molecule has 0 fully saturated rings. The third kappa shape index (κ3) is 20.5. The van der Waals surface area contributed by atoms with Gasteiger partial charge in [-0.3, -0.25) is 4.79 Å². The minimum atomic E-state index is -0.833. The topological polar surface area (TPSA) is 60.8 Å². The second-order valence-corrected chi connectivity index (χ2v) is 10.2. The van der Waals surface area contributed by atoms with E-state index < -0.39 is 6.10 Å². The summed E-state index contributed by atoms with van der Waals surface area (Å²) in [6.07, 6.45) is 24.0. The molecule has 0 saturated carbocycles. The molecule has 2 atom stereocenters. The smallest absolute Gasteiger partial charge is 0.222 e. The van der Waals surface area contributed by atoms with Gasteiger partial charge >= 0.3 is 0 Å². The highest BCUT2D eigenvalue weighted by atomic mass is 16.3. The van der Waals surface area contributed by atoms with E-state index in [0.29, 0.717) is 18.9 Å². The number of aliphatic hydroxyl groups is 2. The number of carbonyl (C=O) groups excluding carboxylic acids is 1. The summed E-state index contributed by atoms with van der Waals surface area (Å²) < 4.78 is 0. The summed E-state index contributed by atoms with van der Waals surface area (Å²) in [5, 5.41) is 19.2. The number of hydrogen-bond acceptors (Lipinski definition) is 3. The number of amides is 1. The van der Waals surface area contributed by atoms with Crippen LogP contribution < -0.4 is 0 Å². The molecule has 0 aliphatic carbocycles. The van der Waals surface area contributed by atoms with Crippen LogP contribution in [0.2, 0.25) is 0 Å². The molecule has 4 heteroatoms. The maximum Gasteiger partial charge on any atom is 0.222 e. The molecule has 2 N–H and O–H groups in total. The predicted octanol–water partition coefficient (Wildman–Crippen LogP) is 7.65. The van der Waals surface area contributed by atoms with Crippen LogP contribution in [0.3, 0.4) is 0 Å². The zero-order valence-electron chi connectivity index (χ0n) is 22.7. The molecule has 0 radical (unpaired) electrons. The van der Waals surface area contributed by atoms with E-state index in [0.717, 1.165) is 25.7 Å². The van der Waals surface area contributed by atoms with Crippen molar-refractivity contribution in [3.05, 3.63) is 0 Å². The van der Waals surface area contributed by atoms with Crippen molar-refractivity contribution in [2.24, 2.45) is 5.92 Å². The highest BCUT2D eigenvalue weighted by Gasteiger charge is 2.20. The largest absolute Gasteiger partial charge is 0.394 e. The van der Waals surface area contributed by atoms with E-state index in [1.165, 1.54) is 96.3 Å². The van der Waals surface area contributed by atoms with Gasteiger partial charge in [0.15, 0.2) is 0 Å². The van der Waals surface area contributed by atoms with Crippen molar-refractivity contribution >= 4 is 5.91 Å². The maximum atomic E-state index is 12.9. The van der Waals surface area contributed by atoms with Crippen LogP contribution in [0, 0.1) is 5.92 Å². The first-order valence-electron chi connectivity index (χ1n) is 14.7. The van der Waals surface area contributed by atoms with Crippen molar-refractivity contribution < 1.29 is 15.0 Å². The van der Waals surface area contributed by atoms with Crippen LogP contribution in [-0.4, -0.2) is 46.8 Å². The fourth-order valence-electron chi connectivity index (χ4n) is 4.64. The molecule has 0 aromatic heterocycles.